The van der Waals surface area contributed by atoms with Crippen LogP contribution >= 0.6 is 0 Å². The van der Waals surface area contributed by atoms with Gasteiger partial charge in [-0.05, 0) is 6.92 Å². The van der Waals surface area contributed by atoms with Gasteiger partial charge in [-0.25, -0.2) is 4.58 Å². The molecule has 0 aromatic carbocycles. The predicted octanol–water partition coefficient (Wildman–Crippen LogP) is -0.309. The summed E-state index contributed by atoms with van der Waals surface area (Å²) in [4.78, 5) is 0. The van der Waals surface area contributed by atoms with Gasteiger partial charge >= 0.3 is 0 Å². The van der Waals surface area contributed by atoms with Gasteiger partial charge < -0.3 is 5.32 Å². The van der Waals surface area contributed by atoms with Crippen molar-refractivity contribution in [3.63, 3.8) is 0 Å². The molecule has 0 aliphatic carbocycles. The standard InChI is InChI=1S/C6H13N2/c1-6-5-7-3-4-8(6)2/h4,6-7H,3,5H2,1-2H3/q+1. The van der Waals surface area contributed by atoms with Gasteiger partial charge in [0.05, 0.1) is 13.1 Å². The molecular weight excluding hydrogens is 100 g/mol. The van der Waals surface area contributed by atoms with Crippen molar-refractivity contribution in [2.75, 3.05) is 20.1 Å². The van der Waals surface area contributed by atoms with Crippen molar-refractivity contribution >= 4 is 6.21 Å². The predicted molar refractivity (Wildman–Crippen MR) is 34.6 cm³/mol. The highest BCUT2D eigenvalue weighted by Crippen LogP contribution is 1.86. The third-order valence-electron chi connectivity index (χ3n) is 1.66. The lowest BCUT2D eigenvalue weighted by molar-refractivity contribution is -0.531. The molecule has 1 rings (SSSR count). The number of nitrogens with zero attached hydrogens (tertiary/aromatic N) is 1. The molecule has 0 radical (unpaired) electrons. The minimum atomic E-state index is 0.670. The normalized spacial score (nSPS) is 29.8. The van der Waals surface area contributed by atoms with E-state index < -0.39 is 0 Å². The fraction of sp³-hybridized carbons (Fsp3) is 0.833. The van der Waals surface area contributed by atoms with Crippen LogP contribution in [0.3, 0.4) is 0 Å². The van der Waals surface area contributed by atoms with Crippen molar-refractivity contribution in [1.82, 2.24) is 5.32 Å². The molecule has 0 amide bonds. The molecule has 0 saturated heterocycles. The van der Waals surface area contributed by atoms with Crippen LogP contribution in [0.15, 0.2) is 0 Å². The van der Waals surface area contributed by atoms with Gasteiger partial charge in [0.1, 0.15) is 7.05 Å². The van der Waals surface area contributed by atoms with Crippen LogP contribution in [-0.4, -0.2) is 37.0 Å². The van der Waals surface area contributed by atoms with Gasteiger partial charge in [-0.2, -0.15) is 0 Å². The summed E-state index contributed by atoms with van der Waals surface area (Å²) in [6.45, 7) is 4.36. The van der Waals surface area contributed by atoms with E-state index in [0.717, 1.165) is 13.1 Å². The second kappa shape index (κ2) is 2.27. The summed E-state index contributed by atoms with van der Waals surface area (Å²) < 4.78 is 2.25. The Balaban J connectivity index is 2.53. The monoisotopic (exact) mass is 113 g/mol. The molecule has 0 spiro atoms. The van der Waals surface area contributed by atoms with E-state index in [-0.39, 0.29) is 0 Å². The molecule has 2 heteroatoms. The Morgan fingerprint density at radius 2 is 2.50 bits per heavy atom. The van der Waals surface area contributed by atoms with Gasteiger partial charge in [0.25, 0.3) is 0 Å². The molecule has 8 heavy (non-hydrogen) atoms. The van der Waals surface area contributed by atoms with Crippen LogP contribution in [0.5, 0.6) is 0 Å². The van der Waals surface area contributed by atoms with E-state index in [1.165, 1.54) is 0 Å². The highest BCUT2D eigenvalue weighted by atomic mass is 15.1. The third kappa shape index (κ3) is 1.07. The average Bonchev–Trinajstić information content (AvgIpc) is 1.77. The molecule has 0 bridgehead atoms. The van der Waals surface area contributed by atoms with Crippen molar-refractivity contribution in [3.05, 3.63) is 0 Å². The van der Waals surface area contributed by atoms with Gasteiger partial charge in [-0.3, -0.25) is 0 Å². The minimum Gasteiger partial charge on any atom is -0.302 e. The lowest BCUT2D eigenvalue weighted by Gasteiger charge is -2.12. The van der Waals surface area contributed by atoms with E-state index in [2.05, 4.69) is 30.1 Å². The minimum absolute atomic E-state index is 0.670. The first-order valence-electron chi connectivity index (χ1n) is 3.06. The molecule has 1 unspecified atom stereocenters. The molecular formula is C6H13N2+. The topological polar surface area (TPSA) is 15.0 Å². The van der Waals surface area contributed by atoms with E-state index >= 15 is 0 Å². The summed E-state index contributed by atoms with van der Waals surface area (Å²) in [6, 6.07) is 0.670. The summed E-state index contributed by atoms with van der Waals surface area (Å²) in [5, 5.41) is 3.27. The van der Waals surface area contributed by atoms with Crippen molar-refractivity contribution in [2.45, 2.75) is 13.0 Å². The highest BCUT2D eigenvalue weighted by Gasteiger charge is 2.12. The Hall–Kier alpha value is -0.370. The van der Waals surface area contributed by atoms with Crippen LogP contribution in [0.1, 0.15) is 6.92 Å². The second-order valence-electron chi connectivity index (χ2n) is 2.36. The Kier molecular flexibility index (Phi) is 1.63. The molecule has 2 nitrogen and oxygen atoms in total. The molecule has 46 valence electrons. The summed E-state index contributed by atoms with van der Waals surface area (Å²) in [7, 11) is 2.12. The summed E-state index contributed by atoms with van der Waals surface area (Å²) in [5.74, 6) is 0. The summed E-state index contributed by atoms with van der Waals surface area (Å²) in [5.41, 5.74) is 0. The smallest absolute Gasteiger partial charge is 0.161 e. The summed E-state index contributed by atoms with van der Waals surface area (Å²) >= 11 is 0. The van der Waals surface area contributed by atoms with E-state index in [4.69, 9.17) is 0 Å². The summed E-state index contributed by atoms with van der Waals surface area (Å²) in [6.07, 6.45) is 2.17. The second-order valence-corrected chi connectivity index (χ2v) is 2.36. The largest absolute Gasteiger partial charge is 0.302 e. The van der Waals surface area contributed by atoms with E-state index in [1.54, 1.807) is 0 Å². The van der Waals surface area contributed by atoms with Crippen LogP contribution in [0.4, 0.5) is 0 Å². The van der Waals surface area contributed by atoms with E-state index in [9.17, 15) is 0 Å². The van der Waals surface area contributed by atoms with Crippen LogP contribution in [0.25, 0.3) is 0 Å². The Labute approximate surface area is 50.2 Å². The highest BCUT2D eigenvalue weighted by molar-refractivity contribution is 5.54. The van der Waals surface area contributed by atoms with Gasteiger partial charge in [0, 0.05) is 0 Å². The SMILES string of the molecule is CC1CNCC=[N+]1C. The Morgan fingerprint density at radius 3 is 2.88 bits per heavy atom. The maximum absolute atomic E-state index is 3.27. The lowest BCUT2D eigenvalue weighted by Crippen LogP contribution is -2.40. The van der Waals surface area contributed by atoms with Crippen molar-refractivity contribution in [1.29, 1.82) is 0 Å². The van der Waals surface area contributed by atoms with Gasteiger partial charge in [0.2, 0.25) is 0 Å². The first-order chi connectivity index (χ1) is 3.80. The molecule has 1 atom stereocenters. The van der Waals surface area contributed by atoms with Gasteiger partial charge in [0.15, 0.2) is 12.3 Å². The van der Waals surface area contributed by atoms with Crippen LogP contribution in [0.2, 0.25) is 0 Å². The molecule has 0 aromatic rings. The lowest BCUT2D eigenvalue weighted by atomic mass is 10.3. The van der Waals surface area contributed by atoms with E-state index in [1.807, 2.05) is 0 Å². The number of hydrogen-bond donors (Lipinski definition) is 1. The molecule has 1 aliphatic heterocycles. The van der Waals surface area contributed by atoms with Crippen molar-refractivity contribution in [2.24, 2.45) is 0 Å². The maximum Gasteiger partial charge on any atom is 0.161 e. The fourth-order valence-electron chi connectivity index (χ4n) is 0.825. The molecule has 0 aromatic heterocycles. The van der Waals surface area contributed by atoms with Crippen LogP contribution in [0, 0.1) is 0 Å². The Morgan fingerprint density at radius 1 is 1.75 bits per heavy atom. The van der Waals surface area contributed by atoms with Gasteiger partial charge in [-0.15, -0.1) is 0 Å². The molecule has 1 N–H and O–H groups in total. The van der Waals surface area contributed by atoms with Gasteiger partial charge in [-0.1, -0.05) is 0 Å². The molecule has 1 aliphatic rings. The molecule has 1 heterocycles. The molecule has 0 fully saturated rings. The zero-order chi connectivity index (χ0) is 5.98. The first kappa shape index (κ1) is 5.76. The number of rotatable bonds is 0. The van der Waals surface area contributed by atoms with E-state index in [0.29, 0.717) is 6.04 Å². The quantitative estimate of drug-likeness (QED) is 0.426. The third-order valence-corrected chi connectivity index (χ3v) is 1.66. The Bertz CT molecular complexity index is 107. The first-order valence-corrected chi connectivity index (χ1v) is 3.06. The molecule has 0 saturated carbocycles. The zero-order valence-electron chi connectivity index (χ0n) is 5.52. The zero-order valence-corrected chi connectivity index (χ0v) is 5.52. The maximum atomic E-state index is 3.27. The number of likely N-dealkylation sites (N-methyl/N-ethyl adjacent to an activating group) is 1. The van der Waals surface area contributed by atoms with Crippen molar-refractivity contribution in [3.8, 4) is 0 Å². The van der Waals surface area contributed by atoms with Crippen LogP contribution < -0.4 is 5.32 Å². The number of hydrogen-bond acceptors (Lipinski definition) is 1. The number of nitrogens with one attached hydrogen (secondary N) is 1. The van der Waals surface area contributed by atoms with Crippen molar-refractivity contribution < 1.29 is 4.58 Å². The van der Waals surface area contributed by atoms with Crippen LogP contribution in [-0.2, 0) is 0 Å². The fourth-order valence-corrected chi connectivity index (χ4v) is 0.825. The average molecular weight is 113 g/mol.